The predicted octanol–water partition coefficient (Wildman–Crippen LogP) is 2.12. The van der Waals surface area contributed by atoms with Crippen molar-refractivity contribution in [1.29, 1.82) is 0 Å². The van der Waals surface area contributed by atoms with Gasteiger partial charge in [-0.05, 0) is 20.2 Å². The number of hydrogen-bond acceptors (Lipinski definition) is 4. The lowest BCUT2D eigenvalue weighted by Crippen LogP contribution is -2.10. The van der Waals surface area contributed by atoms with E-state index in [1.54, 1.807) is 12.1 Å². The first kappa shape index (κ1) is 10.3. The molecular formula is C10H12ClN3O. The topological polar surface area (TPSA) is 55.3 Å². The first-order valence-electron chi connectivity index (χ1n) is 4.55. The molecule has 0 unspecified atom stereocenters. The Morgan fingerprint density at radius 3 is 2.87 bits per heavy atom. The van der Waals surface area contributed by atoms with E-state index in [2.05, 4.69) is 4.98 Å². The van der Waals surface area contributed by atoms with Gasteiger partial charge in [0.25, 0.3) is 0 Å². The third-order valence-corrected chi connectivity index (χ3v) is 2.33. The van der Waals surface area contributed by atoms with Crippen LogP contribution in [0.3, 0.4) is 0 Å². The molecule has 5 heteroatoms. The van der Waals surface area contributed by atoms with Gasteiger partial charge in [0.1, 0.15) is 5.52 Å². The van der Waals surface area contributed by atoms with Crippen LogP contribution in [-0.4, -0.2) is 24.0 Å². The summed E-state index contributed by atoms with van der Waals surface area (Å²) in [5.41, 5.74) is 7.59. The molecule has 1 aromatic carbocycles. The third-order valence-electron chi connectivity index (χ3n) is 2.00. The minimum atomic E-state index is 0.507. The number of anilines is 1. The van der Waals surface area contributed by atoms with Gasteiger partial charge in [-0.25, -0.2) is 4.98 Å². The zero-order chi connectivity index (χ0) is 11.0. The number of nitrogens with two attached hydrogens (primary N) is 1. The van der Waals surface area contributed by atoms with E-state index in [1.165, 1.54) is 0 Å². The summed E-state index contributed by atoms with van der Waals surface area (Å²) in [6.07, 6.45) is 0. The van der Waals surface area contributed by atoms with E-state index < -0.39 is 0 Å². The lowest BCUT2D eigenvalue weighted by molar-refractivity contribution is 0.349. The fraction of sp³-hybridized carbons (Fsp3) is 0.300. The minimum Gasteiger partial charge on any atom is -0.439 e. The Morgan fingerprint density at radius 2 is 2.20 bits per heavy atom. The summed E-state index contributed by atoms with van der Waals surface area (Å²) in [6.45, 7) is 0.659. The third kappa shape index (κ3) is 2.06. The van der Waals surface area contributed by atoms with Gasteiger partial charge in [0, 0.05) is 6.07 Å². The number of oxazole rings is 1. The number of hydrogen-bond donors (Lipinski definition) is 1. The van der Waals surface area contributed by atoms with Crippen LogP contribution in [0.2, 0.25) is 5.02 Å². The van der Waals surface area contributed by atoms with Crippen LogP contribution in [0.25, 0.3) is 11.1 Å². The quantitative estimate of drug-likeness (QED) is 0.796. The average Bonchev–Trinajstić information content (AvgIpc) is 2.46. The van der Waals surface area contributed by atoms with Gasteiger partial charge in [0.2, 0.25) is 5.89 Å². The van der Waals surface area contributed by atoms with Crippen LogP contribution < -0.4 is 5.73 Å². The highest BCUT2D eigenvalue weighted by atomic mass is 35.5. The summed E-state index contributed by atoms with van der Waals surface area (Å²) in [6, 6.07) is 3.42. The normalized spacial score (nSPS) is 11.5. The van der Waals surface area contributed by atoms with Gasteiger partial charge in [-0.2, -0.15) is 0 Å². The smallest absolute Gasteiger partial charge is 0.209 e. The van der Waals surface area contributed by atoms with E-state index in [9.17, 15) is 0 Å². The zero-order valence-corrected chi connectivity index (χ0v) is 9.38. The second-order valence-electron chi connectivity index (χ2n) is 3.69. The molecule has 0 amide bonds. The fourth-order valence-corrected chi connectivity index (χ4v) is 1.51. The highest BCUT2D eigenvalue weighted by Gasteiger charge is 2.08. The first-order valence-corrected chi connectivity index (χ1v) is 4.93. The molecule has 0 aliphatic rings. The van der Waals surface area contributed by atoms with E-state index >= 15 is 0 Å². The van der Waals surface area contributed by atoms with E-state index in [0.717, 1.165) is 5.52 Å². The number of fused-ring (bicyclic) bond motifs is 1. The molecule has 0 aliphatic heterocycles. The molecule has 4 nitrogen and oxygen atoms in total. The fourth-order valence-electron chi connectivity index (χ4n) is 1.35. The molecular weight excluding hydrogens is 214 g/mol. The molecule has 1 aromatic heterocycles. The van der Waals surface area contributed by atoms with E-state index in [-0.39, 0.29) is 0 Å². The van der Waals surface area contributed by atoms with Crippen molar-refractivity contribution >= 4 is 28.4 Å². The molecule has 0 radical (unpaired) electrons. The Balaban J connectivity index is 2.47. The van der Waals surface area contributed by atoms with Crippen molar-refractivity contribution in [2.75, 3.05) is 19.8 Å². The molecule has 0 spiro atoms. The molecule has 1 heterocycles. The lowest BCUT2D eigenvalue weighted by atomic mass is 10.3. The molecule has 2 aromatic rings. The number of rotatable bonds is 2. The molecule has 0 saturated heterocycles. The van der Waals surface area contributed by atoms with Gasteiger partial charge in [0.15, 0.2) is 5.58 Å². The largest absolute Gasteiger partial charge is 0.439 e. The van der Waals surface area contributed by atoms with Crippen LogP contribution in [0.1, 0.15) is 5.89 Å². The number of halogens is 1. The summed E-state index contributed by atoms with van der Waals surface area (Å²) >= 11 is 5.89. The van der Waals surface area contributed by atoms with Crippen molar-refractivity contribution in [3.8, 4) is 0 Å². The van der Waals surface area contributed by atoms with Crippen LogP contribution in [0.15, 0.2) is 16.5 Å². The van der Waals surface area contributed by atoms with Gasteiger partial charge < -0.3 is 15.1 Å². The van der Waals surface area contributed by atoms with Crippen molar-refractivity contribution < 1.29 is 4.42 Å². The molecule has 0 atom stereocenters. The van der Waals surface area contributed by atoms with Crippen LogP contribution in [0, 0.1) is 0 Å². The van der Waals surface area contributed by atoms with Crippen LogP contribution in [0.4, 0.5) is 5.69 Å². The second kappa shape index (κ2) is 3.72. The van der Waals surface area contributed by atoms with Crippen molar-refractivity contribution in [2.24, 2.45) is 0 Å². The molecule has 2 N–H and O–H groups in total. The van der Waals surface area contributed by atoms with Crippen LogP contribution in [-0.2, 0) is 6.54 Å². The van der Waals surface area contributed by atoms with Gasteiger partial charge in [-0.1, -0.05) is 11.6 Å². The van der Waals surface area contributed by atoms with E-state index in [4.69, 9.17) is 21.8 Å². The maximum Gasteiger partial charge on any atom is 0.209 e. The average molecular weight is 226 g/mol. The Labute approximate surface area is 92.6 Å². The predicted molar refractivity (Wildman–Crippen MR) is 60.8 cm³/mol. The van der Waals surface area contributed by atoms with Gasteiger partial charge in [-0.3, -0.25) is 0 Å². The zero-order valence-electron chi connectivity index (χ0n) is 8.62. The molecule has 0 saturated carbocycles. The molecule has 15 heavy (non-hydrogen) atoms. The molecule has 0 aliphatic carbocycles. The number of nitrogens with zero attached hydrogens (tertiary/aromatic N) is 2. The highest BCUT2D eigenvalue weighted by Crippen LogP contribution is 2.26. The summed E-state index contributed by atoms with van der Waals surface area (Å²) in [4.78, 5) is 6.29. The van der Waals surface area contributed by atoms with E-state index in [1.807, 2.05) is 19.0 Å². The van der Waals surface area contributed by atoms with Gasteiger partial charge in [-0.15, -0.1) is 0 Å². The molecule has 2 rings (SSSR count). The summed E-state index contributed by atoms with van der Waals surface area (Å²) < 4.78 is 5.52. The number of benzene rings is 1. The SMILES string of the molecule is CN(C)Cc1nc2cc(Cl)c(N)cc2o1. The van der Waals surface area contributed by atoms with Gasteiger partial charge >= 0.3 is 0 Å². The van der Waals surface area contributed by atoms with E-state index in [0.29, 0.717) is 28.7 Å². The Kier molecular flexibility index (Phi) is 2.54. The Morgan fingerprint density at radius 1 is 1.47 bits per heavy atom. The molecule has 80 valence electrons. The maximum atomic E-state index is 5.89. The van der Waals surface area contributed by atoms with Crippen LogP contribution in [0.5, 0.6) is 0 Å². The Hall–Kier alpha value is -1.26. The number of nitrogen functional groups attached to an aromatic ring is 1. The van der Waals surface area contributed by atoms with Crippen molar-refractivity contribution in [3.05, 3.63) is 23.0 Å². The van der Waals surface area contributed by atoms with Crippen LogP contribution >= 0.6 is 11.6 Å². The molecule has 0 bridgehead atoms. The summed E-state index contributed by atoms with van der Waals surface area (Å²) in [5.74, 6) is 0.664. The minimum absolute atomic E-state index is 0.507. The van der Waals surface area contributed by atoms with Gasteiger partial charge in [0.05, 0.1) is 17.3 Å². The number of aromatic nitrogens is 1. The molecule has 0 fully saturated rings. The second-order valence-corrected chi connectivity index (χ2v) is 4.09. The lowest BCUT2D eigenvalue weighted by Gasteiger charge is -2.03. The maximum absolute atomic E-state index is 5.89. The van der Waals surface area contributed by atoms with Crippen molar-refractivity contribution in [2.45, 2.75) is 6.54 Å². The van der Waals surface area contributed by atoms with Crippen molar-refractivity contribution in [3.63, 3.8) is 0 Å². The summed E-state index contributed by atoms with van der Waals surface area (Å²) in [5, 5.41) is 0.507. The monoisotopic (exact) mass is 225 g/mol. The van der Waals surface area contributed by atoms with Crippen molar-refractivity contribution in [1.82, 2.24) is 9.88 Å². The first-order chi connectivity index (χ1) is 7.06. The summed E-state index contributed by atoms with van der Waals surface area (Å²) in [7, 11) is 3.91. The highest BCUT2D eigenvalue weighted by molar-refractivity contribution is 6.33. The Bertz CT molecular complexity index is 454. The standard InChI is InChI=1S/C10H12ClN3O/c1-14(2)5-10-13-8-3-6(11)7(12)4-9(8)15-10/h3-4H,5,12H2,1-2H3.